The predicted octanol–water partition coefficient (Wildman–Crippen LogP) is 3.46. The summed E-state index contributed by atoms with van der Waals surface area (Å²) in [5, 5.41) is 6.07. The van der Waals surface area contributed by atoms with E-state index in [0.29, 0.717) is 22.2 Å². The third-order valence-corrected chi connectivity index (χ3v) is 3.39. The van der Waals surface area contributed by atoms with Crippen LogP contribution in [0.5, 0.6) is 0 Å². The zero-order chi connectivity index (χ0) is 15.1. The molecule has 1 aromatic rings. The predicted molar refractivity (Wildman–Crippen MR) is 79.3 cm³/mol. The van der Waals surface area contributed by atoms with Crippen LogP contribution in [0.4, 0.5) is 10.5 Å². The lowest BCUT2D eigenvalue weighted by atomic mass is 10.1. The second kappa shape index (κ2) is 7.97. The number of benzene rings is 1. The highest BCUT2D eigenvalue weighted by molar-refractivity contribution is 6.42. The number of carbonyl (C=O) groups excluding carboxylic acids is 2. The SMILES string of the molecule is CCC(CC(=O)OC)NC(=O)Nc1ccc(Cl)c(Cl)c1. The maximum Gasteiger partial charge on any atom is 0.319 e. The molecule has 0 fully saturated rings. The van der Waals surface area contributed by atoms with E-state index in [1.807, 2.05) is 6.92 Å². The van der Waals surface area contributed by atoms with Crippen molar-refractivity contribution >= 4 is 40.9 Å². The van der Waals surface area contributed by atoms with Gasteiger partial charge < -0.3 is 15.4 Å². The molecule has 0 bridgehead atoms. The third kappa shape index (κ3) is 5.27. The second-order valence-corrected chi connectivity index (χ2v) is 4.93. The topological polar surface area (TPSA) is 67.4 Å². The Labute approximate surface area is 127 Å². The molecule has 0 aliphatic carbocycles. The zero-order valence-electron chi connectivity index (χ0n) is 11.2. The molecule has 2 amide bonds. The van der Waals surface area contributed by atoms with Gasteiger partial charge in [-0.3, -0.25) is 4.79 Å². The molecule has 0 saturated heterocycles. The molecule has 1 rings (SSSR count). The summed E-state index contributed by atoms with van der Waals surface area (Å²) in [5.74, 6) is -0.369. The molecule has 0 aliphatic rings. The molecular formula is C13H16Cl2N2O3. The van der Waals surface area contributed by atoms with Crippen molar-refractivity contribution < 1.29 is 14.3 Å². The Morgan fingerprint density at radius 1 is 1.30 bits per heavy atom. The van der Waals surface area contributed by atoms with E-state index in [-0.39, 0.29) is 18.4 Å². The summed E-state index contributed by atoms with van der Waals surface area (Å²) < 4.78 is 4.57. The molecule has 0 aliphatic heterocycles. The van der Waals surface area contributed by atoms with Crippen molar-refractivity contribution in [3.63, 3.8) is 0 Å². The molecule has 20 heavy (non-hydrogen) atoms. The fourth-order valence-electron chi connectivity index (χ4n) is 1.51. The number of carbonyl (C=O) groups is 2. The normalized spacial score (nSPS) is 11.6. The Balaban J connectivity index is 2.57. The van der Waals surface area contributed by atoms with Crippen molar-refractivity contribution in [3.05, 3.63) is 28.2 Å². The van der Waals surface area contributed by atoms with Crippen LogP contribution in [0.3, 0.4) is 0 Å². The number of hydrogen-bond acceptors (Lipinski definition) is 3. The molecule has 1 aromatic carbocycles. The number of anilines is 1. The van der Waals surface area contributed by atoms with Crippen LogP contribution in [-0.4, -0.2) is 25.2 Å². The lowest BCUT2D eigenvalue weighted by molar-refractivity contribution is -0.141. The first kappa shape index (κ1) is 16.6. The van der Waals surface area contributed by atoms with Crippen LogP contribution in [0.1, 0.15) is 19.8 Å². The average Bonchev–Trinajstić information content (AvgIpc) is 2.41. The molecule has 0 saturated carbocycles. The van der Waals surface area contributed by atoms with Gasteiger partial charge in [0.15, 0.2) is 0 Å². The first-order valence-electron chi connectivity index (χ1n) is 6.05. The standard InChI is InChI=1S/C13H16Cl2N2O3/c1-3-8(7-12(18)20-2)16-13(19)17-9-4-5-10(14)11(15)6-9/h4-6,8H,3,7H2,1-2H3,(H2,16,17,19). The summed E-state index contributed by atoms with van der Waals surface area (Å²) >= 11 is 11.6. The molecule has 2 N–H and O–H groups in total. The fourth-order valence-corrected chi connectivity index (χ4v) is 1.81. The van der Waals surface area contributed by atoms with Gasteiger partial charge in [0.1, 0.15) is 0 Å². The van der Waals surface area contributed by atoms with E-state index in [4.69, 9.17) is 23.2 Å². The highest BCUT2D eigenvalue weighted by Gasteiger charge is 2.15. The van der Waals surface area contributed by atoms with E-state index in [9.17, 15) is 9.59 Å². The van der Waals surface area contributed by atoms with Crippen LogP contribution < -0.4 is 10.6 Å². The van der Waals surface area contributed by atoms with Crippen molar-refractivity contribution in [3.8, 4) is 0 Å². The number of nitrogens with one attached hydrogen (secondary N) is 2. The van der Waals surface area contributed by atoms with E-state index in [1.54, 1.807) is 18.2 Å². The summed E-state index contributed by atoms with van der Waals surface area (Å²) in [4.78, 5) is 23.0. The third-order valence-electron chi connectivity index (χ3n) is 2.65. The monoisotopic (exact) mass is 318 g/mol. The molecule has 5 nitrogen and oxygen atoms in total. The number of hydrogen-bond donors (Lipinski definition) is 2. The minimum Gasteiger partial charge on any atom is -0.469 e. The lowest BCUT2D eigenvalue weighted by Gasteiger charge is -2.16. The highest BCUT2D eigenvalue weighted by Crippen LogP contribution is 2.24. The van der Waals surface area contributed by atoms with Gasteiger partial charge in [-0.25, -0.2) is 4.79 Å². The number of urea groups is 1. The molecule has 0 radical (unpaired) electrons. The number of methoxy groups -OCH3 is 1. The Bertz CT molecular complexity index is 495. The summed E-state index contributed by atoms with van der Waals surface area (Å²) in [6, 6.07) is 4.06. The average molecular weight is 319 g/mol. The van der Waals surface area contributed by atoms with Gasteiger partial charge in [0.05, 0.1) is 23.6 Å². The van der Waals surface area contributed by atoms with Crippen molar-refractivity contribution in [1.82, 2.24) is 5.32 Å². The fraction of sp³-hybridized carbons (Fsp3) is 0.385. The van der Waals surface area contributed by atoms with Crippen LogP contribution in [0.2, 0.25) is 10.0 Å². The maximum absolute atomic E-state index is 11.8. The number of halogens is 2. The van der Waals surface area contributed by atoms with E-state index in [1.165, 1.54) is 7.11 Å². The summed E-state index contributed by atoms with van der Waals surface area (Å²) in [7, 11) is 1.31. The highest BCUT2D eigenvalue weighted by atomic mass is 35.5. The van der Waals surface area contributed by atoms with Gasteiger partial charge in [-0.1, -0.05) is 30.1 Å². The molecule has 0 heterocycles. The van der Waals surface area contributed by atoms with E-state index >= 15 is 0 Å². The van der Waals surface area contributed by atoms with Gasteiger partial charge in [-0.2, -0.15) is 0 Å². The van der Waals surface area contributed by atoms with E-state index in [2.05, 4.69) is 15.4 Å². The Hall–Kier alpha value is -1.46. The Kier molecular flexibility index (Phi) is 6.61. The second-order valence-electron chi connectivity index (χ2n) is 4.11. The molecule has 7 heteroatoms. The van der Waals surface area contributed by atoms with Gasteiger partial charge >= 0.3 is 12.0 Å². The largest absolute Gasteiger partial charge is 0.469 e. The molecule has 1 unspecified atom stereocenters. The van der Waals surface area contributed by atoms with Crippen molar-refractivity contribution in [2.75, 3.05) is 12.4 Å². The van der Waals surface area contributed by atoms with Gasteiger partial charge in [0.25, 0.3) is 0 Å². The Morgan fingerprint density at radius 2 is 2.00 bits per heavy atom. The summed E-state index contributed by atoms with van der Waals surface area (Å²) in [6.07, 6.45) is 0.742. The number of ether oxygens (including phenoxy) is 1. The van der Waals surface area contributed by atoms with Crippen molar-refractivity contribution in [2.45, 2.75) is 25.8 Å². The summed E-state index contributed by atoms with van der Waals surface area (Å²) in [5.41, 5.74) is 0.518. The quantitative estimate of drug-likeness (QED) is 0.817. The van der Waals surface area contributed by atoms with Crippen LogP contribution in [0.25, 0.3) is 0 Å². The van der Waals surface area contributed by atoms with Gasteiger partial charge in [0.2, 0.25) is 0 Å². The Morgan fingerprint density at radius 3 is 2.55 bits per heavy atom. The van der Waals surface area contributed by atoms with Gasteiger partial charge in [-0.05, 0) is 24.6 Å². The van der Waals surface area contributed by atoms with Gasteiger partial charge in [-0.15, -0.1) is 0 Å². The van der Waals surface area contributed by atoms with Gasteiger partial charge in [0, 0.05) is 11.7 Å². The molecule has 0 spiro atoms. The van der Waals surface area contributed by atoms with Crippen LogP contribution in [0.15, 0.2) is 18.2 Å². The summed E-state index contributed by atoms with van der Waals surface area (Å²) in [6.45, 7) is 1.87. The molecule has 1 atom stereocenters. The number of rotatable bonds is 5. The van der Waals surface area contributed by atoms with Crippen LogP contribution >= 0.6 is 23.2 Å². The number of esters is 1. The van der Waals surface area contributed by atoms with E-state index in [0.717, 1.165) is 0 Å². The molecule has 110 valence electrons. The molecular weight excluding hydrogens is 303 g/mol. The smallest absolute Gasteiger partial charge is 0.319 e. The lowest BCUT2D eigenvalue weighted by Crippen LogP contribution is -2.39. The van der Waals surface area contributed by atoms with E-state index < -0.39 is 6.03 Å². The zero-order valence-corrected chi connectivity index (χ0v) is 12.7. The van der Waals surface area contributed by atoms with Crippen LogP contribution in [-0.2, 0) is 9.53 Å². The first-order chi connectivity index (χ1) is 9.46. The minimum absolute atomic E-state index is 0.127. The maximum atomic E-state index is 11.8. The van der Waals surface area contributed by atoms with Crippen molar-refractivity contribution in [1.29, 1.82) is 0 Å². The van der Waals surface area contributed by atoms with Crippen molar-refractivity contribution in [2.24, 2.45) is 0 Å². The van der Waals surface area contributed by atoms with Crippen LogP contribution in [0, 0.1) is 0 Å². The first-order valence-corrected chi connectivity index (χ1v) is 6.81. The minimum atomic E-state index is -0.417. The number of amides is 2. The molecule has 0 aromatic heterocycles.